The van der Waals surface area contributed by atoms with Crippen molar-refractivity contribution in [1.29, 1.82) is 0 Å². The van der Waals surface area contributed by atoms with E-state index in [0.717, 1.165) is 4.57 Å². The second kappa shape index (κ2) is 5.01. The van der Waals surface area contributed by atoms with Crippen LogP contribution >= 0.6 is 0 Å². The average molecular weight is 249 g/mol. The van der Waals surface area contributed by atoms with Crippen LogP contribution in [0.2, 0.25) is 0 Å². The third-order valence-corrected chi connectivity index (χ3v) is 2.51. The molecule has 1 N–H and O–H groups in total. The fourth-order valence-corrected chi connectivity index (χ4v) is 1.76. The predicted octanol–water partition coefficient (Wildman–Crippen LogP) is 2.44. The highest BCUT2D eigenvalue weighted by molar-refractivity contribution is 5.90. The molecule has 1 aromatic carbocycles. The van der Waals surface area contributed by atoms with E-state index in [-0.39, 0.29) is 13.2 Å². The Hall–Kier alpha value is -2.14. The van der Waals surface area contributed by atoms with Crippen LogP contribution < -0.4 is 0 Å². The molecule has 0 aliphatic carbocycles. The molecule has 2 rings (SSSR count). The highest BCUT2D eigenvalue weighted by Crippen LogP contribution is 2.21. The summed E-state index contributed by atoms with van der Waals surface area (Å²) in [5.74, 6) is -0.456. The number of nitrogens with zero attached hydrogens (tertiary/aromatic N) is 1. The summed E-state index contributed by atoms with van der Waals surface area (Å²) in [6.07, 6.45) is 0.766. The quantitative estimate of drug-likeness (QED) is 0.850. The maximum atomic E-state index is 13.2. The van der Waals surface area contributed by atoms with E-state index in [1.54, 1.807) is 12.1 Å². The van der Waals surface area contributed by atoms with Crippen LogP contribution in [0.25, 0.3) is 10.9 Å². The van der Waals surface area contributed by atoms with Crippen LogP contribution in [0.15, 0.2) is 36.9 Å². The molecule has 4 nitrogen and oxygen atoms in total. The van der Waals surface area contributed by atoms with Gasteiger partial charge in [-0.25, -0.2) is 13.8 Å². The molecule has 0 saturated heterocycles. The molecule has 0 bridgehead atoms. The van der Waals surface area contributed by atoms with Crippen molar-refractivity contribution in [1.82, 2.24) is 4.57 Å². The monoisotopic (exact) mass is 249 g/mol. The predicted molar refractivity (Wildman–Crippen MR) is 64.8 cm³/mol. The van der Waals surface area contributed by atoms with Crippen LogP contribution in [0.5, 0.6) is 0 Å². The van der Waals surface area contributed by atoms with E-state index < -0.39 is 11.9 Å². The third kappa shape index (κ3) is 2.12. The minimum absolute atomic E-state index is 0.0543. The second-order valence-corrected chi connectivity index (χ2v) is 3.70. The highest BCUT2D eigenvalue weighted by atomic mass is 19.1. The summed E-state index contributed by atoms with van der Waals surface area (Å²) in [6.45, 7) is 3.16. The fourth-order valence-electron chi connectivity index (χ4n) is 1.76. The Morgan fingerprint density at radius 1 is 1.50 bits per heavy atom. The highest BCUT2D eigenvalue weighted by Gasteiger charge is 2.15. The maximum absolute atomic E-state index is 13.2. The van der Waals surface area contributed by atoms with Crippen LogP contribution in [0.3, 0.4) is 0 Å². The summed E-state index contributed by atoms with van der Waals surface area (Å²) in [5.41, 5.74) is 0.720. The van der Waals surface area contributed by atoms with Gasteiger partial charge in [0, 0.05) is 5.39 Å². The van der Waals surface area contributed by atoms with Crippen molar-refractivity contribution in [2.24, 2.45) is 0 Å². The number of aromatic nitrogens is 1. The first kappa shape index (κ1) is 12.3. The lowest BCUT2D eigenvalue weighted by atomic mass is 10.2. The Bertz CT molecular complexity index is 604. The van der Waals surface area contributed by atoms with Crippen LogP contribution in [0.1, 0.15) is 5.69 Å². The van der Waals surface area contributed by atoms with Gasteiger partial charge in [0.1, 0.15) is 12.4 Å². The zero-order valence-electron chi connectivity index (χ0n) is 9.60. The van der Waals surface area contributed by atoms with E-state index in [2.05, 4.69) is 6.58 Å². The Balaban J connectivity index is 2.54. The first-order valence-corrected chi connectivity index (χ1v) is 5.36. The number of halogens is 1. The van der Waals surface area contributed by atoms with Crippen LogP contribution in [0, 0.1) is 5.82 Å². The second-order valence-electron chi connectivity index (χ2n) is 3.70. The number of fused-ring (bicyclic) bond motifs is 1. The maximum Gasteiger partial charge on any atom is 0.419 e. The zero-order chi connectivity index (χ0) is 13.1. The van der Waals surface area contributed by atoms with Gasteiger partial charge in [-0.1, -0.05) is 12.7 Å². The van der Waals surface area contributed by atoms with E-state index in [0.29, 0.717) is 16.6 Å². The molecule has 0 atom stereocenters. The molecule has 94 valence electrons. The van der Waals surface area contributed by atoms with E-state index in [9.17, 15) is 14.3 Å². The van der Waals surface area contributed by atoms with Gasteiger partial charge in [-0.05, 0) is 24.3 Å². The molecule has 0 aliphatic heterocycles. The third-order valence-electron chi connectivity index (χ3n) is 2.51. The summed E-state index contributed by atoms with van der Waals surface area (Å²) in [4.78, 5) is 11.8. The number of hydrogen-bond acceptors (Lipinski definition) is 3. The fraction of sp³-hybridized carbons (Fsp3) is 0.154. The molecule has 5 heteroatoms. The lowest BCUT2D eigenvalue weighted by Crippen LogP contribution is -2.16. The van der Waals surface area contributed by atoms with Gasteiger partial charge in [-0.3, -0.25) is 0 Å². The first-order chi connectivity index (χ1) is 8.67. The summed E-state index contributed by atoms with van der Waals surface area (Å²) in [5, 5.41) is 9.88. The lowest BCUT2D eigenvalue weighted by molar-refractivity contribution is 0.158. The van der Waals surface area contributed by atoms with Gasteiger partial charge in [0.15, 0.2) is 0 Å². The van der Waals surface area contributed by atoms with Gasteiger partial charge in [0.05, 0.1) is 17.8 Å². The molecule has 0 amide bonds. The molecular weight excluding hydrogens is 237 g/mol. The summed E-state index contributed by atoms with van der Waals surface area (Å²) >= 11 is 0. The van der Waals surface area contributed by atoms with Crippen LogP contribution in [0.4, 0.5) is 9.18 Å². The van der Waals surface area contributed by atoms with Gasteiger partial charge in [0.25, 0.3) is 0 Å². The normalized spacial score (nSPS) is 10.6. The van der Waals surface area contributed by atoms with Crippen molar-refractivity contribution in [3.63, 3.8) is 0 Å². The molecular formula is C13H12FNO3. The van der Waals surface area contributed by atoms with E-state index in [1.807, 2.05) is 0 Å². The molecule has 0 unspecified atom stereocenters. The van der Waals surface area contributed by atoms with E-state index in [4.69, 9.17) is 4.74 Å². The van der Waals surface area contributed by atoms with Gasteiger partial charge >= 0.3 is 6.09 Å². The summed E-state index contributed by atoms with van der Waals surface area (Å²) in [6, 6.07) is 5.68. The van der Waals surface area contributed by atoms with Gasteiger partial charge in [0.2, 0.25) is 0 Å². The smallest absolute Gasteiger partial charge is 0.419 e. The first-order valence-electron chi connectivity index (χ1n) is 5.36. The van der Waals surface area contributed by atoms with E-state index in [1.165, 1.54) is 18.2 Å². The number of aliphatic hydroxyl groups is 1. The Labute approximate surface area is 103 Å². The number of aliphatic hydroxyl groups excluding tert-OH is 1. The van der Waals surface area contributed by atoms with Gasteiger partial charge < -0.3 is 9.84 Å². The number of benzene rings is 1. The number of hydrogen-bond donors (Lipinski definition) is 1. The molecule has 2 aromatic rings. The molecule has 0 saturated carbocycles. The standard InChI is InChI=1S/C13H12FNO3/c1-2-5-18-13(17)15-11(8-16)6-9-3-4-10(14)7-12(9)15/h2-4,6-7,16H,1,5,8H2. The van der Waals surface area contributed by atoms with Crippen molar-refractivity contribution in [2.75, 3.05) is 6.61 Å². The molecule has 0 aliphatic rings. The van der Waals surface area contributed by atoms with Crippen molar-refractivity contribution < 1.29 is 19.0 Å². The lowest BCUT2D eigenvalue weighted by Gasteiger charge is -2.07. The van der Waals surface area contributed by atoms with Crippen molar-refractivity contribution in [3.8, 4) is 0 Å². The molecule has 1 aromatic heterocycles. The topological polar surface area (TPSA) is 51.5 Å². The Morgan fingerprint density at radius 2 is 2.28 bits per heavy atom. The van der Waals surface area contributed by atoms with Gasteiger partial charge in [-0.2, -0.15) is 0 Å². The van der Waals surface area contributed by atoms with Crippen LogP contribution in [-0.2, 0) is 11.3 Å². The number of rotatable bonds is 3. The van der Waals surface area contributed by atoms with Gasteiger partial charge in [-0.15, -0.1) is 0 Å². The Kier molecular flexibility index (Phi) is 3.43. The van der Waals surface area contributed by atoms with Crippen molar-refractivity contribution >= 4 is 17.0 Å². The Morgan fingerprint density at radius 3 is 2.94 bits per heavy atom. The van der Waals surface area contributed by atoms with Crippen molar-refractivity contribution in [2.45, 2.75) is 6.61 Å². The number of carbonyl (C=O) groups is 1. The zero-order valence-corrected chi connectivity index (χ0v) is 9.60. The molecule has 0 spiro atoms. The molecule has 0 fully saturated rings. The van der Waals surface area contributed by atoms with E-state index >= 15 is 0 Å². The molecule has 0 radical (unpaired) electrons. The summed E-state index contributed by atoms with van der Waals surface area (Å²) in [7, 11) is 0. The molecule has 18 heavy (non-hydrogen) atoms. The summed E-state index contributed by atoms with van der Waals surface area (Å²) < 4.78 is 19.3. The average Bonchev–Trinajstić information content (AvgIpc) is 2.73. The minimum Gasteiger partial charge on any atom is -0.445 e. The van der Waals surface area contributed by atoms with Crippen molar-refractivity contribution in [3.05, 3.63) is 48.4 Å². The van der Waals surface area contributed by atoms with Crippen LogP contribution in [-0.4, -0.2) is 22.4 Å². The number of carbonyl (C=O) groups excluding carboxylic acids is 1. The number of ether oxygens (including phenoxy) is 1. The minimum atomic E-state index is -0.667. The SMILES string of the molecule is C=CCOC(=O)n1c(CO)cc2ccc(F)cc21. The molecule has 1 heterocycles. The largest absolute Gasteiger partial charge is 0.445 e.